The number of hydrogen-bond donors (Lipinski definition) is 2. The quantitative estimate of drug-likeness (QED) is 0.707. The SMILES string of the molecule is Cc1cc2c(cc1NCC1CNC1)-c1c(nn(OC(=O)C(F)(F)F)[n+](=O)c1C)CO2. The molecule has 2 aliphatic rings. The van der Waals surface area contributed by atoms with Gasteiger partial charge in [-0.25, -0.2) is 4.79 Å². The number of aromatic nitrogens is 3. The van der Waals surface area contributed by atoms with Crippen LogP contribution in [0.15, 0.2) is 12.1 Å². The normalized spacial score (nSPS) is 15.5. The molecule has 1 fully saturated rings. The molecule has 3 heterocycles. The van der Waals surface area contributed by atoms with Gasteiger partial charge in [0.2, 0.25) is 10.7 Å². The molecular weight excluding hydrogens is 407 g/mol. The van der Waals surface area contributed by atoms with E-state index in [0.29, 0.717) is 22.8 Å². The first-order valence-corrected chi connectivity index (χ1v) is 9.22. The standard InChI is InChI=1S/C18H19F3N5O4/c1-9-3-15-12(4-13(9)23-7-11-5-22-6-11)16-10(2)25(28)26(24-14(16)8-29-15)30-17(27)18(19,20)21/h3-4,11,22-23H,5-8H2,1-2H3/q+1. The molecule has 2 aliphatic heterocycles. The number of ether oxygens (including phenoxy) is 1. The van der Waals surface area contributed by atoms with Gasteiger partial charge in [0, 0.05) is 43.7 Å². The van der Waals surface area contributed by atoms with Crippen LogP contribution in [0.5, 0.6) is 5.75 Å². The number of benzene rings is 1. The van der Waals surface area contributed by atoms with Gasteiger partial charge in [-0.3, -0.25) is 4.84 Å². The van der Waals surface area contributed by atoms with Crippen LogP contribution in [0.4, 0.5) is 18.9 Å². The maximum Gasteiger partial charge on any atom is 0.493 e. The summed E-state index contributed by atoms with van der Waals surface area (Å²) in [6.07, 6.45) is -5.26. The van der Waals surface area contributed by atoms with Gasteiger partial charge in [-0.15, -0.1) is 0 Å². The first kappa shape index (κ1) is 20.1. The van der Waals surface area contributed by atoms with E-state index in [1.807, 2.05) is 19.1 Å². The molecule has 0 unspecified atom stereocenters. The highest BCUT2D eigenvalue weighted by Gasteiger charge is 2.44. The second kappa shape index (κ2) is 7.27. The Morgan fingerprint density at radius 3 is 2.77 bits per heavy atom. The molecule has 9 nitrogen and oxygen atoms in total. The predicted molar refractivity (Wildman–Crippen MR) is 97.3 cm³/mol. The van der Waals surface area contributed by atoms with Crippen molar-refractivity contribution in [3.05, 3.63) is 34.0 Å². The molecule has 160 valence electrons. The van der Waals surface area contributed by atoms with E-state index < -0.39 is 12.1 Å². The van der Waals surface area contributed by atoms with E-state index in [-0.39, 0.29) is 27.5 Å². The van der Waals surface area contributed by atoms with Crippen molar-refractivity contribution in [3.8, 4) is 16.9 Å². The zero-order chi connectivity index (χ0) is 21.6. The van der Waals surface area contributed by atoms with Gasteiger partial charge in [0.05, 0.1) is 10.7 Å². The second-order valence-corrected chi connectivity index (χ2v) is 7.27. The molecule has 2 aromatic rings. The third-order valence-electron chi connectivity index (χ3n) is 5.10. The van der Waals surface area contributed by atoms with Crippen molar-refractivity contribution in [2.24, 2.45) is 5.92 Å². The van der Waals surface area contributed by atoms with Gasteiger partial charge in [-0.1, -0.05) is 0 Å². The molecule has 30 heavy (non-hydrogen) atoms. The smallest absolute Gasteiger partial charge is 0.484 e. The lowest BCUT2D eigenvalue weighted by atomic mass is 9.96. The summed E-state index contributed by atoms with van der Waals surface area (Å²) in [5, 5.41) is 10.3. The highest BCUT2D eigenvalue weighted by Crippen LogP contribution is 2.40. The van der Waals surface area contributed by atoms with Crippen LogP contribution < -0.4 is 24.7 Å². The molecule has 0 radical (unpaired) electrons. The molecule has 0 spiro atoms. The summed E-state index contributed by atoms with van der Waals surface area (Å²) in [4.78, 5) is 27.6. The van der Waals surface area contributed by atoms with Crippen LogP contribution in [0.3, 0.4) is 0 Å². The monoisotopic (exact) mass is 426 g/mol. The van der Waals surface area contributed by atoms with Crippen LogP contribution in [0.25, 0.3) is 11.1 Å². The zero-order valence-corrected chi connectivity index (χ0v) is 16.2. The van der Waals surface area contributed by atoms with Crippen molar-refractivity contribution in [3.63, 3.8) is 0 Å². The molecule has 0 saturated carbocycles. The molecule has 0 bridgehead atoms. The van der Waals surface area contributed by atoms with Crippen LogP contribution in [0.1, 0.15) is 17.0 Å². The Morgan fingerprint density at radius 2 is 2.13 bits per heavy atom. The van der Waals surface area contributed by atoms with Crippen LogP contribution >= 0.6 is 0 Å². The van der Waals surface area contributed by atoms with Gasteiger partial charge in [0.15, 0.2) is 12.3 Å². The molecule has 0 aliphatic carbocycles. The van der Waals surface area contributed by atoms with Gasteiger partial charge < -0.3 is 15.4 Å². The number of alkyl halides is 3. The Bertz CT molecular complexity index is 1080. The van der Waals surface area contributed by atoms with E-state index in [1.54, 1.807) is 0 Å². The minimum atomic E-state index is -5.26. The molecular formula is C18H19F3N5O4+. The van der Waals surface area contributed by atoms with Crippen molar-refractivity contribution >= 4 is 11.7 Å². The molecule has 12 heteroatoms. The number of fused-ring (bicyclic) bond motifs is 3. The van der Waals surface area contributed by atoms with Gasteiger partial charge in [0.25, 0.3) is 0 Å². The van der Waals surface area contributed by atoms with Gasteiger partial charge >= 0.3 is 12.1 Å². The molecule has 1 aromatic heterocycles. The van der Waals surface area contributed by atoms with Crippen molar-refractivity contribution in [2.45, 2.75) is 26.6 Å². The van der Waals surface area contributed by atoms with Crippen LogP contribution in [-0.4, -0.2) is 41.8 Å². The molecule has 1 saturated heterocycles. The fourth-order valence-electron chi connectivity index (χ4n) is 3.34. The van der Waals surface area contributed by atoms with Crippen LogP contribution in [0, 0.1) is 24.7 Å². The summed E-state index contributed by atoms with van der Waals surface area (Å²) in [6, 6.07) is 3.66. The highest BCUT2D eigenvalue weighted by atomic mass is 19.4. The Labute approximate surface area is 168 Å². The average molecular weight is 426 g/mol. The van der Waals surface area contributed by atoms with Crippen LogP contribution in [0.2, 0.25) is 0 Å². The van der Waals surface area contributed by atoms with Crippen molar-refractivity contribution in [1.82, 2.24) is 15.4 Å². The topological polar surface area (TPSA) is 100 Å². The molecule has 4 rings (SSSR count). The van der Waals surface area contributed by atoms with E-state index >= 15 is 0 Å². The van der Waals surface area contributed by atoms with Gasteiger partial charge in [0.1, 0.15) is 10.3 Å². The number of anilines is 1. The number of rotatable bonds is 4. The summed E-state index contributed by atoms with van der Waals surface area (Å²) in [5.41, 5.74) is 3.03. The Balaban J connectivity index is 1.71. The molecule has 2 N–H and O–H groups in total. The summed E-state index contributed by atoms with van der Waals surface area (Å²) in [5.74, 6) is -1.49. The van der Waals surface area contributed by atoms with E-state index in [1.165, 1.54) is 6.92 Å². The first-order chi connectivity index (χ1) is 14.1. The number of hydrogen-bond acceptors (Lipinski definition) is 7. The number of aryl methyl sites for hydroxylation is 1. The first-order valence-electron chi connectivity index (χ1n) is 9.22. The largest absolute Gasteiger partial charge is 0.493 e. The number of carbonyl (C=O) groups excluding carboxylic acids is 1. The predicted octanol–water partition coefficient (Wildman–Crippen LogP) is 1.12. The minimum absolute atomic E-state index is 0.00453. The number of halogens is 3. The van der Waals surface area contributed by atoms with E-state index in [2.05, 4.69) is 20.6 Å². The lowest BCUT2D eigenvalue weighted by Gasteiger charge is -2.28. The van der Waals surface area contributed by atoms with E-state index in [0.717, 1.165) is 30.9 Å². The van der Waals surface area contributed by atoms with Crippen molar-refractivity contribution < 1.29 is 32.1 Å². The maximum atomic E-state index is 12.5. The lowest BCUT2D eigenvalue weighted by molar-refractivity contribution is -0.646. The summed E-state index contributed by atoms with van der Waals surface area (Å²) >= 11 is 0. The molecule has 1 aromatic carbocycles. The Hall–Kier alpha value is -3.15. The summed E-state index contributed by atoms with van der Waals surface area (Å²) in [6.45, 7) is 5.91. The summed E-state index contributed by atoms with van der Waals surface area (Å²) < 4.78 is 43.1. The Kier molecular flexibility index (Phi) is 4.88. The van der Waals surface area contributed by atoms with Crippen molar-refractivity contribution in [2.75, 3.05) is 25.0 Å². The molecule has 0 amide bonds. The van der Waals surface area contributed by atoms with Crippen LogP contribution in [-0.2, 0) is 11.4 Å². The highest BCUT2D eigenvalue weighted by molar-refractivity contribution is 5.79. The maximum absolute atomic E-state index is 12.5. The minimum Gasteiger partial charge on any atom is -0.484 e. The van der Waals surface area contributed by atoms with E-state index in [4.69, 9.17) is 4.74 Å². The number of nitrogens with one attached hydrogen (secondary N) is 2. The third kappa shape index (κ3) is 3.58. The van der Waals surface area contributed by atoms with Crippen molar-refractivity contribution in [1.29, 1.82) is 0 Å². The average Bonchev–Trinajstić information content (AvgIpc) is 2.63. The third-order valence-corrected chi connectivity index (χ3v) is 5.10. The second-order valence-electron chi connectivity index (χ2n) is 7.27. The lowest BCUT2D eigenvalue weighted by Crippen LogP contribution is -2.47. The van der Waals surface area contributed by atoms with Gasteiger partial charge in [-0.05, 0) is 29.5 Å². The fourth-order valence-corrected chi connectivity index (χ4v) is 3.34. The van der Waals surface area contributed by atoms with E-state index in [9.17, 15) is 22.9 Å². The number of carbonyl (C=O) groups is 1. The number of nitrogens with zero attached hydrogens (tertiary/aromatic N) is 3. The zero-order valence-electron chi connectivity index (χ0n) is 16.2. The fraction of sp³-hybridized carbons (Fsp3) is 0.444. The summed E-state index contributed by atoms with van der Waals surface area (Å²) in [7, 11) is 0. The molecule has 0 atom stereocenters. The Morgan fingerprint density at radius 1 is 1.40 bits per heavy atom. The van der Waals surface area contributed by atoms with Gasteiger partial charge in [-0.2, -0.15) is 13.2 Å².